The summed E-state index contributed by atoms with van der Waals surface area (Å²) in [5.74, 6) is 0. The molecule has 1 fully saturated rings. The molecule has 1 saturated heterocycles. The predicted octanol–water partition coefficient (Wildman–Crippen LogP) is 1.51. The molecule has 0 aliphatic carbocycles. The lowest BCUT2D eigenvalue weighted by molar-refractivity contribution is -0.313. The second kappa shape index (κ2) is 3.05. The van der Waals surface area contributed by atoms with Gasteiger partial charge in [0.15, 0.2) is 0 Å². The van der Waals surface area contributed by atoms with E-state index in [1.165, 1.54) is 6.42 Å². The van der Waals surface area contributed by atoms with Gasteiger partial charge in [0, 0.05) is 0 Å². The van der Waals surface area contributed by atoms with Gasteiger partial charge in [-0.25, -0.2) is 9.78 Å². The fourth-order valence-electron chi connectivity index (χ4n) is 0.805. The lowest BCUT2D eigenvalue weighted by Gasteiger charge is -2.03. The van der Waals surface area contributed by atoms with E-state index in [9.17, 15) is 0 Å². The highest BCUT2D eigenvalue weighted by Crippen LogP contribution is 2.09. The maximum atomic E-state index is 4.90. The third-order valence-corrected chi connectivity index (χ3v) is 1.32. The van der Waals surface area contributed by atoms with Crippen LogP contribution in [-0.2, 0) is 9.78 Å². The maximum absolute atomic E-state index is 4.90. The first-order valence-corrected chi connectivity index (χ1v) is 3.18. The molecule has 0 aromatic carbocycles. The lowest BCUT2D eigenvalue weighted by atomic mass is 10.2. The summed E-state index contributed by atoms with van der Waals surface area (Å²) in [5.41, 5.74) is 0. The van der Waals surface area contributed by atoms with Crippen molar-refractivity contribution in [1.29, 1.82) is 0 Å². The van der Waals surface area contributed by atoms with E-state index >= 15 is 0 Å². The first-order chi connectivity index (χ1) is 3.89. The molecular formula is C6H12O2. The zero-order chi connectivity index (χ0) is 5.82. The molecule has 48 valence electrons. The first kappa shape index (κ1) is 6.05. The van der Waals surface area contributed by atoms with E-state index in [2.05, 4.69) is 0 Å². The molecule has 0 radical (unpaired) electrons. The summed E-state index contributed by atoms with van der Waals surface area (Å²) in [6.45, 7) is 2.80. The van der Waals surface area contributed by atoms with Gasteiger partial charge in [-0.3, -0.25) is 0 Å². The van der Waals surface area contributed by atoms with Crippen LogP contribution in [0.2, 0.25) is 0 Å². The third kappa shape index (κ3) is 1.80. The normalized spacial score (nSPS) is 31.9. The average molecular weight is 116 g/mol. The fraction of sp³-hybridized carbons (Fsp3) is 1.00. The summed E-state index contributed by atoms with van der Waals surface area (Å²) in [6.07, 6.45) is 3.82. The van der Waals surface area contributed by atoms with Gasteiger partial charge in [0.05, 0.1) is 12.7 Å². The molecule has 1 atom stereocenters. The molecule has 1 heterocycles. The molecule has 1 unspecified atom stereocenters. The Kier molecular flexibility index (Phi) is 2.30. The minimum atomic E-state index is 0.303. The van der Waals surface area contributed by atoms with Crippen LogP contribution in [0.4, 0.5) is 0 Å². The van der Waals surface area contributed by atoms with Crippen molar-refractivity contribution in [3.05, 3.63) is 0 Å². The Morgan fingerprint density at radius 1 is 1.38 bits per heavy atom. The molecule has 0 bridgehead atoms. The molecule has 2 nitrogen and oxygen atoms in total. The van der Waals surface area contributed by atoms with Gasteiger partial charge in [-0.2, -0.15) is 0 Å². The molecule has 0 amide bonds. The Hall–Kier alpha value is -0.0800. The van der Waals surface area contributed by atoms with E-state index in [4.69, 9.17) is 9.78 Å². The predicted molar refractivity (Wildman–Crippen MR) is 30.3 cm³/mol. The largest absolute Gasteiger partial charge is 0.236 e. The molecule has 0 spiro atoms. The minimum Gasteiger partial charge on any atom is -0.236 e. The van der Waals surface area contributed by atoms with Crippen molar-refractivity contribution < 1.29 is 9.78 Å². The molecule has 1 rings (SSSR count). The zero-order valence-electron chi connectivity index (χ0n) is 5.22. The van der Waals surface area contributed by atoms with Crippen LogP contribution in [0.15, 0.2) is 0 Å². The van der Waals surface area contributed by atoms with Crippen molar-refractivity contribution in [3.8, 4) is 0 Å². The van der Waals surface area contributed by atoms with Gasteiger partial charge in [-0.15, -0.1) is 0 Å². The van der Waals surface area contributed by atoms with Crippen LogP contribution in [0.3, 0.4) is 0 Å². The monoisotopic (exact) mass is 116 g/mol. The summed E-state index contributed by atoms with van der Waals surface area (Å²) in [6, 6.07) is 0. The van der Waals surface area contributed by atoms with Gasteiger partial charge in [-0.05, 0) is 26.2 Å². The Morgan fingerprint density at radius 3 is 3.12 bits per heavy atom. The van der Waals surface area contributed by atoms with Crippen LogP contribution in [0, 0.1) is 0 Å². The van der Waals surface area contributed by atoms with E-state index in [0.29, 0.717) is 6.10 Å². The Bertz CT molecular complexity index is 55.5. The smallest absolute Gasteiger partial charge is 0.0902 e. The Balaban J connectivity index is 2.17. The van der Waals surface area contributed by atoms with Crippen LogP contribution < -0.4 is 0 Å². The average Bonchev–Trinajstić information content (AvgIpc) is 1.94. The second-order valence-corrected chi connectivity index (χ2v) is 2.22. The van der Waals surface area contributed by atoms with Gasteiger partial charge in [0.2, 0.25) is 0 Å². The van der Waals surface area contributed by atoms with Crippen molar-refractivity contribution in [3.63, 3.8) is 0 Å². The molecule has 0 saturated carbocycles. The summed E-state index contributed by atoms with van der Waals surface area (Å²) >= 11 is 0. The molecule has 1 aliphatic heterocycles. The summed E-state index contributed by atoms with van der Waals surface area (Å²) in [5, 5.41) is 0. The van der Waals surface area contributed by atoms with Crippen LogP contribution in [0.5, 0.6) is 0 Å². The van der Waals surface area contributed by atoms with E-state index in [1.807, 2.05) is 6.92 Å². The van der Waals surface area contributed by atoms with E-state index in [0.717, 1.165) is 19.4 Å². The van der Waals surface area contributed by atoms with Crippen molar-refractivity contribution in [2.24, 2.45) is 0 Å². The maximum Gasteiger partial charge on any atom is 0.0902 e. The number of rotatable bonds is 0. The van der Waals surface area contributed by atoms with E-state index in [1.54, 1.807) is 0 Å². The van der Waals surface area contributed by atoms with Crippen molar-refractivity contribution in [2.45, 2.75) is 32.3 Å². The van der Waals surface area contributed by atoms with Crippen molar-refractivity contribution in [2.75, 3.05) is 6.61 Å². The summed E-state index contributed by atoms with van der Waals surface area (Å²) in [7, 11) is 0. The van der Waals surface area contributed by atoms with Crippen LogP contribution in [0.25, 0.3) is 0 Å². The lowest BCUT2D eigenvalue weighted by Crippen LogP contribution is -2.04. The van der Waals surface area contributed by atoms with Gasteiger partial charge < -0.3 is 0 Å². The topological polar surface area (TPSA) is 18.5 Å². The highest BCUT2D eigenvalue weighted by Gasteiger charge is 2.06. The molecule has 8 heavy (non-hydrogen) atoms. The SMILES string of the molecule is CC1CCCCOO1. The van der Waals surface area contributed by atoms with E-state index < -0.39 is 0 Å². The first-order valence-electron chi connectivity index (χ1n) is 3.18. The highest BCUT2D eigenvalue weighted by molar-refractivity contribution is 4.50. The molecule has 0 aromatic rings. The number of hydrogen-bond donors (Lipinski definition) is 0. The molecule has 1 aliphatic rings. The number of hydrogen-bond acceptors (Lipinski definition) is 2. The molecule has 0 aromatic heterocycles. The summed E-state index contributed by atoms with van der Waals surface area (Å²) < 4.78 is 0. The molecule has 0 N–H and O–H groups in total. The zero-order valence-corrected chi connectivity index (χ0v) is 5.22. The highest BCUT2D eigenvalue weighted by atomic mass is 17.2. The van der Waals surface area contributed by atoms with Gasteiger partial charge in [0.1, 0.15) is 0 Å². The van der Waals surface area contributed by atoms with E-state index in [-0.39, 0.29) is 0 Å². The third-order valence-electron chi connectivity index (χ3n) is 1.32. The minimum absolute atomic E-state index is 0.303. The van der Waals surface area contributed by atoms with Gasteiger partial charge in [0.25, 0.3) is 0 Å². The Morgan fingerprint density at radius 2 is 2.25 bits per heavy atom. The second-order valence-electron chi connectivity index (χ2n) is 2.22. The quantitative estimate of drug-likeness (QED) is 0.446. The van der Waals surface area contributed by atoms with Crippen LogP contribution in [0.1, 0.15) is 26.2 Å². The fourth-order valence-corrected chi connectivity index (χ4v) is 0.805. The van der Waals surface area contributed by atoms with Crippen molar-refractivity contribution >= 4 is 0 Å². The molecule has 2 heteroatoms. The van der Waals surface area contributed by atoms with Crippen LogP contribution in [-0.4, -0.2) is 12.7 Å². The Labute approximate surface area is 49.7 Å². The summed E-state index contributed by atoms with van der Waals surface area (Å²) in [4.78, 5) is 9.71. The van der Waals surface area contributed by atoms with Crippen molar-refractivity contribution in [1.82, 2.24) is 0 Å². The van der Waals surface area contributed by atoms with Crippen LogP contribution >= 0.6 is 0 Å². The van der Waals surface area contributed by atoms with Gasteiger partial charge >= 0.3 is 0 Å². The molecular weight excluding hydrogens is 104 g/mol. The van der Waals surface area contributed by atoms with Gasteiger partial charge in [-0.1, -0.05) is 0 Å². The standard InChI is InChI=1S/C6H12O2/c1-6-4-2-3-5-7-8-6/h6H,2-5H2,1H3.